The molecule has 0 saturated carbocycles. The third-order valence-corrected chi connectivity index (χ3v) is 1.60. The summed E-state index contributed by atoms with van der Waals surface area (Å²) in [4.78, 5) is 10.4. The van der Waals surface area contributed by atoms with E-state index in [-0.39, 0.29) is 5.92 Å². The molecule has 3 heteroatoms. The molecule has 0 aromatic rings. The fourth-order valence-corrected chi connectivity index (χ4v) is 0.993. The Bertz CT molecular complexity index is 132. The molecule has 1 N–H and O–H groups in total. The Hall–Kier alpha value is -0.600. The zero-order valence-corrected chi connectivity index (χ0v) is 7.17. The lowest BCUT2D eigenvalue weighted by Crippen LogP contribution is -2.24. The summed E-state index contributed by atoms with van der Waals surface area (Å²) < 4.78 is 12.6. The van der Waals surface area contributed by atoms with E-state index in [4.69, 9.17) is 5.11 Å². The molecule has 0 bridgehead atoms. The van der Waals surface area contributed by atoms with E-state index in [2.05, 4.69) is 0 Å². The van der Waals surface area contributed by atoms with Gasteiger partial charge >= 0.3 is 5.97 Å². The highest BCUT2D eigenvalue weighted by atomic mass is 19.1. The summed E-state index contributed by atoms with van der Waals surface area (Å²) in [6.07, 6.45) is -0.845. The number of alkyl halides is 1. The van der Waals surface area contributed by atoms with E-state index in [0.29, 0.717) is 6.42 Å². The number of hydrogen-bond donors (Lipinski definition) is 1. The molecule has 0 aromatic carbocycles. The lowest BCUT2D eigenvalue weighted by molar-refractivity contribution is -0.144. The molecule has 0 rings (SSSR count). The van der Waals surface area contributed by atoms with Crippen LogP contribution in [0.4, 0.5) is 4.39 Å². The molecule has 0 aliphatic rings. The van der Waals surface area contributed by atoms with Crippen LogP contribution in [-0.2, 0) is 4.79 Å². The molecule has 0 amide bonds. The van der Waals surface area contributed by atoms with Gasteiger partial charge in [0, 0.05) is 0 Å². The second-order valence-electron chi connectivity index (χ2n) is 3.25. The molecule has 11 heavy (non-hydrogen) atoms. The van der Waals surface area contributed by atoms with Crippen molar-refractivity contribution < 1.29 is 14.3 Å². The van der Waals surface area contributed by atoms with Crippen LogP contribution >= 0.6 is 0 Å². The van der Waals surface area contributed by atoms with Gasteiger partial charge in [-0.25, -0.2) is 4.39 Å². The molecule has 0 radical (unpaired) electrons. The second kappa shape index (κ2) is 4.31. The topological polar surface area (TPSA) is 37.3 Å². The number of carbonyl (C=O) groups is 1. The molecule has 2 nitrogen and oxygen atoms in total. The number of carboxylic acid groups (broad SMARTS) is 1. The van der Waals surface area contributed by atoms with E-state index in [9.17, 15) is 9.18 Å². The fraction of sp³-hybridized carbons (Fsp3) is 0.875. The summed E-state index contributed by atoms with van der Waals surface area (Å²) in [5.41, 5.74) is 0. The minimum Gasteiger partial charge on any atom is -0.481 e. The third kappa shape index (κ3) is 3.96. The zero-order chi connectivity index (χ0) is 9.02. The average molecular weight is 162 g/mol. The van der Waals surface area contributed by atoms with Gasteiger partial charge in [0.15, 0.2) is 0 Å². The van der Waals surface area contributed by atoms with Crippen LogP contribution in [0.2, 0.25) is 0 Å². The minimum atomic E-state index is -1.25. The molecule has 0 aromatic heterocycles. The number of halogens is 1. The maximum Gasteiger partial charge on any atom is 0.309 e. The van der Waals surface area contributed by atoms with Crippen molar-refractivity contribution in [2.45, 2.75) is 33.4 Å². The van der Waals surface area contributed by atoms with Gasteiger partial charge in [-0.05, 0) is 19.3 Å². The summed E-state index contributed by atoms with van der Waals surface area (Å²) in [7, 11) is 0. The molecule has 0 heterocycles. The van der Waals surface area contributed by atoms with E-state index in [0.717, 1.165) is 0 Å². The fourth-order valence-electron chi connectivity index (χ4n) is 0.993. The van der Waals surface area contributed by atoms with Crippen molar-refractivity contribution >= 4 is 5.97 Å². The second-order valence-corrected chi connectivity index (χ2v) is 3.25. The van der Waals surface area contributed by atoms with Crippen LogP contribution in [0.3, 0.4) is 0 Å². The summed E-state index contributed by atoms with van der Waals surface area (Å²) in [6, 6.07) is 0. The van der Waals surface area contributed by atoms with Crippen molar-refractivity contribution in [3.63, 3.8) is 0 Å². The molecule has 2 unspecified atom stereocenters. The summed E-state index contributed by atoms with van der Waals surface area (Å²) in [5, 5.41) is 8.55. The van der Waals surface area contributed by atoms with Crippen LogP contribution < -0.4 is 0 Å². The van der Waals surface area contributed by atoms with E-state index in [1.54, 1.807) is 0 Å². The highest BCUT2D eigenvalue weighted by Crippen LogP contribution is 2.17. The van der Waals surface area contributed by atoms with Crippen LogP contribution in [0.1, 0.15) is 27.2 Å². The molecular weight excluding hydrogens is 147 g/mol. The molecule has 0 saturated heterocycles. The molecule has 0 spiro atoms. The molecule has 66 valence electrons. The molecule has 2 atom stereocenters. The first-order valence-electron chi connectivity index (χ1n) is 3.82. The van der Waals surface area contributed by atoms with Gasteiger partial charge in [-0.2, -0.15) is 0 Å². The average Bonchev–Trinajstić information content (AvgIpc) is 1.81. The smallest absolute Gasteiger partial charge is 0.309 e. The number of rotatable bonds is 4. The number of carboxylic acids is 1. The van der Waals surface area contributed by atoms with E-state index >= 15 is 0 Å². The van der Waals surface area contributed by atoms with Gasteiger partial charge in [-0.1, -0.05) is 13.8 Å². The predicted octanol–water partition coefficient (Wildman–Crippen LogP) is 2.09. The van der Waals surface area contributed by atoms with Crippen molar-refractivity contribution in [2.24, 2.45) is 11.8 Å². The maximum absolute atomic E-state index is 12.6. The van der Waals surface area contributed by atoms with Gasteiger partial charge in [0.2, 0.25) is 0 Å². The molecular formula is C8H15FO2. The van der Waals surface area contributed by atoms with Crippen molar-refractivity contribution in [1.29, 1.82) is 0 Å². The summed E-state index contributed by atoms with van der Waals surface area (Å²) in [6.45, 7) is 5.07. The number of aliphatic carboxylic acids is 1. The SMILES string of the molecule is CC(C)CC(C(=O)O)C(C)F. The Morgan fingerprint density at radius 3 is 2.00 bits per heavy atom. The maximum atomic E-state index is 12.6. The Balaban J connectivity index is 4.01. The van der Waals surface area contributed by atoms with Crippen LogP contribution in [0.5, 0.6) is 0 Å². The normalized spacial score (nSPS) is 16.5. The molecule has 0 aliphatic heterocycles. The van der Waals surface area contributed by atoms with E-state index < -0.39 is 18.1 Å². The highest BCUT2D eigenvalue weighted by molar-refractivity contribution is 5.70. The Morgan fingerprint density at radius 1 is 1.45 bits per heavy atom. The van der Waals surface area contributed by atoms with Gasteiger partial charge in [0.1, 0.15) is 6.17 Å². The third-order valence-electron chi connectivity index (χ3n) is 1.60. The highest BCUT2D eigenvalue weighted by Gasteiger charge is 2.24. The van der Waals surface area contributed by atoms with E-state index in [1.807, 2.05) is 13.8 Å². The first kappa shape index (κ1) is 10.4. The van der Waals surface area contributed by atoms with E-state index in [1.165, 1.54) is 6.92 Å². The molecule has 0 aliphatic carbocycles. The Kier molecular flexibility index (Phi) is 4.08. The monoisotopic (exact) mass is 162 g/mol. The summed E-state index contributed by atoms with van der Waals surface area (Å²) >= 11 is 0. The largest absolute Gasteiger partial charge is 0.481 e. The standard InChI is InChI=1S/C8H15FO2/c1-5(2)4-7(6(3)9)8(10)11/h5-7H,4H2,1-3H3,(H,10,11). The number of hydrogen-bond acceptors (Lipinski definition) is 1. The van der Waals surface area contributed by atoms with Crippen molar-refractivity contribution in [3.05, 3.63) is 0 Å². The van der Waals surface area contributed by atoms with Gasteiger partial charge in [-0.3, -0.25) is 4.79 Å². The zero-order valence-electron chi connectivity index (χ0n) is 7.17. The van der Waals surface area contributed by atoms with Crippen molar-refractivity contribution in [3.8, 4) is 0 Å². The van der Waals surface area contributed by atoms with Crippen molar-refractivity contribution in [2.75, 3.05) is 0 Å². The predicted molar refractivity (Wildman–Crippen MR) is 41.2 cm³/mol. The van der Waals surface area contributed by atoms with Gasteiger partial charge in [-0.15, -0.1) is 0 Å². The lowest BCUT2D eigenvalue weighted by Gasteiger charge is -2.15. The molecule has 0 fully saturated rings. The minimum absolute atomic E-state index is 0.231. The van der Waals surface area contributed by atoms with Gasteiger partial charge < -0.3 is 5.11 Å². The summed E-state index contributed by atoms with van der Waals surface area (Å²) in [5.74, 6) is -1.64. The first-order valence-corrected chi connectivity index (χ1v) is 3.82. The van der Waals surface area contributed by atoms with Gasteiger partial charge in [0.25, 0.3) is 0 Å². The lowest BCUT2D eigenvalue weighted by atomic mass is 9.94. The van der Waals surface area contributed by atoms with Crippen LogP contribution in [-0.4, -0.2) is 17.2 Å². The van der Waals surface area contributed by atoms with Gasteiger partial charge in [0.05, 0.1) is 5.92 Å². The quantitative estimate of drug-likeness (QED) is 0.687. The Morgan fingerprint density at radius 2 is 1.91 bits per heavy atom. The van der Waals surface area contributed by atoms with Crippen LogP contribution in [0.15, 0.2) is 0 Å². The first-order chi connectivity index (χ1) is 4.95. The Labute approximate surface area is 66.4 Å². The van der Waals surface area contributed by atoms with Crippen LogP contribution in [0, 0.1) is 11.8 Å². The van der Waals surface area contributed by atoms with Crippen molar-refractivity contribution in [1.82, 2.24) is 0 Å². The van der Waals surface area contributed by atoms with Crippen LogP contribution in [0.25, 0.3) is 0 Å².